The van der Waals surface area contributed by atoms with Crippen molar-refractivity contribution >= 4 is 26.0 Å². The second-order valence-electron chi connectivity index (χ2n) is 18.1. The molecule has 10 nitrogen and oxygen atoms in total. The molecule has 2 aromatic rings. The minimum atomic E-state index is -2.46. The van der Waals surface area contributed by atoms with E-state index < -0.39 is 72.6 Å². The molecular weight excluding hydrogens is 705 g/mol. The number of hydrogen-bond donors (Lipinski definition) is 1. The van der Waals surface area contributed by atoms with Crippen molar-refractivity contribution in [2.75, 3.05) is 13.4 Å². The minimum Gasteiger partial charge on any atom is -0.455 e. The standard InChI is InChI=1S/C43H58O10Si/c1-27-32(53-54(9,10)39(3,4)5)23-43(47)37(51-38(46)30-19-15-12-16-20-30)36-41(8,22-31(45)35(27)40(43,6)7)33(21-34-42(36,25-49-34)52-28(2)44)50-26-48-24-29-17-13-11-14-18-29/h11-20,32-34,36-37,47H,21-26H2,1-10H3/t32-,33-,34+,36-,37-,41+,42-,43+/m0/s1. The summed E-state index contributed by atoms with van der Waals surface area (Å²) in [7, 11) is -2.46. The van der Waals surface area contributed by atoms with Crippen LogP contribution in [-0.4, -0.2) is 80.2 Å². The normalized spacial score (nSPS) is 33.4. The van der Waals surface area contributed by atoms with E-state index in [1.165, 1.54) is 6.92 Å². The van der Waals surface area contributed by atoms with Gasteiger partial charge in [0.05, 0.1) is 36.9 Å². The summed E-state index contributed by atoms with van der Waals surface area (Å²) < 4.78 is 38.8. The zero-order valence-corrected chi connectivity index (χ0v) is 34.5. The third kappa shape index (κ3) is 6.83. The predicted molar refractivity (Wildman–Crippen MR) is 205 cm³/mol. The van der Waals surface area contributed by atoms with Crippen LogP contribution < -0.4 is 0 Å². The summed E-state index contributed by atoms with van der Waals surface area (Å²) in [6, 6.07) is 18.4. The Morgan fingerprint density at radius 1 is 1.00 bits per heavy atom. The fourth-order valence-electron chi connectivity index (χ4n) is 9.42. The lowest BCUT2D eigenvalue weighted by molar-refractivity contribution is -0.356. The number of aliphatic hydroxyl groups is 1. The number of benzene rings is 2. The van der Waals surface area contributed by atoms with E-state index in [0.717, 1.165) is 11.1 Å². The number of esters is 2. The Morgan fingerprint density at radius 3 is 2.20 bits per heavy atom. The second-order valence-corrected chi connectivity index (χ2v) is 22.9. The van der Waals surface area contributed by atoms with Gasteiger partial charge in [0.15, 0.2) is 19.7 Å². The molecule has 3 fully saturated rings. The molecule has 0 aromatic heterocycles. The van der Waals surface area contributed by atoms with Crippen molar-refractivity contribution < 1.29 is 47.6 Å². The smallest absolute Gasteiger partial charge is 0.338 e. The van der Waals surface area contributed by atoms with Crippen LogP contribution >= 0.6 is 0 Å². The maximum absolute atomic E-state index is 15.1. The molecule has 8 atom stereocenters. The maximum atomic E-state index is 15.1. The van der Waals surface area contributed by atoms with Gasteiger partial charge >= 0.3 is 11.9 Å². The first-order valence-electron chi connectivity index (χ1n) is 19.1. The monoisotopic (exact) mass is 762 g/mol. The van der Waals surface area contributed by atoms with Crippen molar-refractivity contribution in [3.8, 4) is 0 Å². The minimum absolute atomic E-state index is 0.00440. The molecule has 0 amide bonds. The van der Waals surface area contributed by atoms with Gasteiger partial charge in [-0.3, -0.25) is 9.59 Å². The SMILES string of the molecule is CC(=O)O[C@@]12CO[C@@H]1C[C@H](OCOCc1ccccc1)[C@@]1(C)CC(=O)C3=C(C)[C@@H](O[Si](C)(C)C(C)(C)C)C[C@@](O)([C@@H](OC(=O)c4ccccc4)[C@@H]12)C3(C)C. The van der Waals surface area contributed by atoms with E-state index in [1.807, 2.05) is 64.1 Å². The van der Waals surface area contributed by atoms with Gasteiger partial charge in [0.2, 0.25) is 0 Å². The Morgan fingerprint density at radius 2 is 1.63 bits per heavy atom. The van der Waals surface area contributed by atoms with Crippen molar-refractivity contribution in [3.05, 3.63) is 82.9 Å². The third-order valence-electron chi connectivity index (χ3n) is 13.4. The predicted octanol–water partition coefficient (Wildman–Crippen LogP) is 7.34. The van der Waals surface area contributed by atoms with Crippen LogP contribution in [0.4, 0.5) is 0 Å². The number of rotatable bonds is 10. The van der Waals surface area contributed by atoms with E-state index in [1.54, 1.807) is 24.3 Å². The van der Waals surface area contributed by atoms with Crippen molar-refractivity contribution in [1.29, 1.82) is 0 Å². The molecule has 0 spiro atoms. The van der Waals surface area contributed by atoms with Gasteiger partial charge in [0, 0.05) is 42.6 Å². The highest BCUT2D eigenvalue weighted by Gasteiger charge is 2.76. The van der Waals surface area contributed by atoms with Crippen molar-refractivity contribution in [3.63, 3.8) is 0 Å². The molecule has 6 rings (SSSR count). The number of ketones is 1. The number of ether oxygens (including phenoxy) is 5. The average molecular weight is 763 g/mol. The Bertz CT molecular complexity index is 1770. The number of fused-ring (bicyclic) bond motifs is 5. The summed E-state index contributed by atoms with van der Waals surface area (Å²) in [6.45, 7) is 19.9. The fourth-order valence-corrected chi connectivity index (χ4v) is 10.7. The van der Waals surface area contributed by atoms with Crippen LogP contribution in [0.3, 0.4) is 0 Å². The second kappa shape index (κ2) is 14.4. The molecule has 0 unspecified atom stereocenters. The van der Waals surface area contributed by atoms with Crippen molar-refractivity contribution in [2.24, 2.45) is 16.7 Å². The molecule has 3 aliphatic carbocycles. The maximum Gasteiger partial charge on any atom is 0.338 e. The molecule has 4 aliphatic rings. The van der Waals surface area contributed by atoms with E-state index in [4.69, 9.17) is 28.1 Å². The molecule has 1 N–H and O–H groups in total. The van der Waals surface area contributed by atoms with Crippen LogP contribution in [-0.2, 0) is 44.3 Å². The largest absolute Gasteiger partial charge is 0.455 e. The molecule has 294 valence electrons. The Labute approximate surface area is 321 Å². The van der Waals surface area contributed by atoms with Gasteiger partial charge in [-0.05, 0) is 48.3 Å². The Balaban J connectivity index is 1.52. The lowest BCUT2D eigenvalue weighted by atomic mass is 9.45. The summed E-state index contributed by atoms with van der Waals surface area (Å²) >= 11 is 0. The molecule has 1 saturated heterocycles. The molecule has 0 radical (unpaired) electrons. The summed E-state index contributed by atoms with van der Waals surface area (Å²) in [5, 5.41) is 13.5. The quantitative estimate of drug-likeness (QED) is 0.114. The topological polar surface area (TPSA) is 127 Å². The van der Waals surface area contributed by atoms with Crippen LogP contribution in [0.15, 0.2) is 71.8 Å². The summed E-state index contributed by atoms with van der Waals surface area (Å²) in [5.74, 6) is -2.27. The van der Waals surface area contributed by atoms with Crippen molar-refractivity contribution in [1.82, 2.24) is 0 Å². The van der Waals surface area contributed by atoms with E-state index in [9.17, 15) is 14.7 Å². The molecule has 2 aromatic carbocycles. The van der Waals surface area contributed by atoms with Gasteiger partial charge in [-0.2, -0.15) is 0 Å². The van der Waals surface area contributed by atoms with Crippen LogP contribution in [0, 0.1) is 16.7 Å². The average Bonchev–Trinajstić information content (AvgIpc) is 3.08. The van der Waals surface area contributed by atoms with Crippen molar-refractivity contribution in [2.45, 2.75) is 135 Å². The van der Waals surface area contributed by atoms with Gasteiger partial charge in [0.1, 0.15) is 24.6 Å². The van der Waals surface area contributed by atoms with Gasteiger partial charge in [-0.15, -0.1) is 0 Å². The molecule has 1 heterocycles. The highest BCUT2D eigenvalue weighted by atomic mass is 28.4. The van der Waals surface area contributed by atoms with Gasteiger partial charge in [0.25, 0.3) is 0 Å². The first-order valence-corrected chi connectivity index (χ1v) is 22.0. The molecule has 2 bridgehead atoms. The first-order chi connectivity index (χ1) is 25.2. The molecular formula is C43H58O10Si. The number of Topliss-reactive ketones (excluding diaryl/α,β-unsaturated/α-hetero) is 1. The number of carbonyl (C=O) groups excluding carboxylic acids is 3. The highest BCUT2D eigenvalue weighted by Crippen LogP contribution is 2.65. The van der Waals surface area contributed by atoms with Crippen LogP contribution in [0.25, 0.3) is 0 Å². The van der Waals surface area contributed by atoms with Gasteiger partial charge < -0.3 is 33.2 Å². The zero-order chi connectivity index (χ0) is 39.5. The molecule has 2 saturated carbocycles. The van der Waals surface area contributed by atoms with Crippen LogP contribution in [0.1, 0.15) is 90.6 Å². The van der Waals surface area contributed by atoms with Gasteiger partial charge in [-0.25, -0.2) is 4.79 Å². The Hall–Kier alpha value is -3.19. The van der Waals surface area contributed by atoms with E-state index in [-0.39, 0.29) is 37.1 Å². The van der Waals surface area contributed by atoms with Crippen LogP contribution in [0.2, 0.25) is 18.1 Å². The third-order valence-corrected chi connectivity index (χ3v) is 17.9. The summed E-state index contributed by atoms with van der Waals surface area (Å²) in [4.78, 5) is 42.5. The molecule has 1 aliphatic heterocycles. The van der Waals surface area contributed by atoms with Gasteiger partial charge in [-0.1, -0.05) is 90.1 Å². The summed E-state index contributed by atoms with van der Waals surface area (Å²) in [6.07, 6.45) is -2.95. The fraction of sp³-hybridized carbons (Fsp3) is 0.605. The zero-order valence-electron chi connectivity index (χ0n) is 33.5. The number of carbonyl (C=O) groups is 3. The molecule has 11 heteroatoms. The first kappa shape index (κ1) is 40.5. The summed E-state index contributed by atoms with van der Waals surface area (Å²) in [5.41, 5.74) is -3.03. The lowest BCUT2D eigenvalue weighted by Gasteiger charge is -2.68. The van der Waals surface area contributed by atoms with E-state index in [0.29, 0.717) is 24.2 Å². The van der Waals surface area contributed by atoms with E-state index >= 15 is 4.79 Å². The Kier molecular flexibility index (Phi) is 10.8. The lowest BCUT2D eigenvalue weighted by Crippen LogP contribution is -2.80. The molecule has 54 heavy (non-hydrogen) atoms. The van der Waals surface area contributed by atoms with Crippen LogP contribution in [0.5, 0.6) is 0 Å². The van der Waals surface area contributed by atoms with E-state index in [2.05, 4.69) is 33.9 Å². The highest BCUT2D eigenvalue weighted by molar-refractivity contribution is 6.74. The number of hydrogen-bond acceptors (Lipinski definition) is 10.